The van der Waals surface area contributed by atoms with Gasteiger partial charge in [-0.3, -0.25) is 4.79 Å². The molecule has 0 radical (unpaired) electrons. The van der Waals surface area contributed by atoms with Crippen LogP contribution in [0.1, 0.15) is 37.0 Å². The zero-order valence-corrected chi connectivity index (χ0v) is 26.0. The van der Waals surface area contributed by atoms with E-state index in [4.69, 9.17) is 33.2 Å². The molecule has 9 nitrogen and oxygen atoms in total. The lowest BCUT2D eigenvalue weighted by atomic mass is 9.96. The average molecular weight is 633 g/mol. The molecule has 3 heterocycles. The lowest BCUT2D eigenvalue weighted by Gasteiger charge is -2.53. The summed E-state index contributed by atoms with van der Waals surface area (Å²) in [5.74, 6) is -0.697. The quantitative estimate of drug-likeness (QED) is 0.246. The molecule has 3 aromatic carbocycles. The molecule has 0 aliphatic carbocycles. The number of carbonyl (C=O) groups is 2. The molecule has 1 fully saturated rings. The Morgan fingerprint density at radius 2 is 1.42 bits per heavy atom. The Hall–Kier alpha value is -3.67. The van der Waals surface area contributed by atoms with Gasteiger partial charge in [-0.2, -0.15) is 0 Å². The molecular formula is C35H36O9S. The number of rotatable bonds is 11. The number of cyclic esters (lactones) is 1. The lowest BCUT2D eigenvalue weighted by Crippen LogP contribution is -2.69. The van der Waals surface area contributed by atoms with Crippen molar-refractivity contribution >= 4 is 23.7 Å². The van der Waals surface area contributed by atoms with Crippen LogP contribution in [0.3, 0.4) is 0 Å². The Balaban J connectivity index is 1.37. The van der Waals surface area contributed by atoms with Crippen LogP contribution in [0.15, 0.2) is 102 Å². The minimum Gasteiger partial charge on any atom is -0.462 e. The molecule has 3 aromatic rings. The van der Waals surface area contributed by atoms with Crippen molar-refractivity contribution < 1.29 is 42.7 Å². The molecule has 236 valence electrons. The highest BCUT2D eigenvalue weighted by atomic mass is 32.2. The molecule has 0 N–H and O–H groups in total. The van der Waals surface area contributed by atoms with Crippen molar-refractivity contribution in [3.05, 3.63) is 118 Å². The van der Waals surface area contributed by atoms with E-state index < -0.39 is 41.5 Å². The van der Waals surface area contributed by atoms with E-state index in [1.165, 1.54) is 6.92 Å². The molecule has 0 spiro atoms. The molecule has 6 rings (SSSR count). The topological polar surface area (TPSA) is 98.8 Å². The first-order valence-electron chi connectivity index (χ1n) is 15.0. The molecular weight excluding hydrogens is 596 g/mol. The SMILES string of the molecule is CC(=O)O[C@]12SC3=C(C[C@H](C)OC3=O)O[C@H]1O[C@H](COCc1ccccc1)[C@@H](OCc1ccccc1)[C@@H]2OCc1ccccc1. The predicted octanol–water partition coefficient (Wildman–Crippen LogP) is 5.67. The Morgan fingerprint density at radius 1 is 0.844 bits per heavy atom. The molecule has 10 heteroatoms. The van der Waals surface area contributed by atoms with Crippen molar-refractivity contribution in [1.29, 1.82) is 0 Å². The van der Waals surface area contributed by atoms with Gasteiger partial charge in [0.25, 0.3) is 11.2 Å². The third-order valence-electron chi connectivity index (χ3n) is 7.67. The van der Waals surface area contributed by atoms with Gasteiger partial charge < -0.3 is 33.2 Å². The van der Waals surface area contributed by atoms with Gasteiger partial charge in [0.15, 0.2) is 0 Å². The highest BCUT2D eigenvalue weighted by molar-refractivity contribution is 8.05. The van der Waals surface area contributed by atoms with Crippen LogP contribution in [-0.2, 0) is 62.6 Å². The minimum atomic E-state index is -1.63. The second-order valence-corrected chi connectivity index (χ2v) is 12.4. The third-order valence-corrected chi connectivity index (χ3v) is 9.10. The highest BCUT2D eigenvalue weighted by Gasteiger charge is 2.66. The van der Waals surface area contributed by atoms with Gasteiger partial charge in [-0.05, 0) is 23.6 Å². The van der Waals surface area contributed by atoms with Crippen molar-refractivity contribution in [2.24, 2.45) is 0 Å². The molecule has 0 amide bonds. The molecule has 6 atom stereocenters. The summed E-state index contributed by atoms with van der Waals surface area (Å²) in [5.41, 5.74) is 2.86. The summed E-state index contributed by atoms with van der Waals surface area (Å²) >= 11 is 1.04. The maximum absolute atomic E-state index is 13.1. The van der Waals surface area contributed by atoms with Crippen LogP contribution in [0, 0.1) is 0 Å². The number of esters is 2. The second kappa shape index (κ2) is 14.2. The predicted molar refractivity (Wildman–Crippen MR) is 165 cm³/mol. The first kappa shape index (κ1) is 31.3. The van der Waals surface area contributed by atoms with Gasteiger partial charge in [-0.25, -0.2) is 4.79 Å². The van der Waals surface area contributed by atoms with Crippen molar-refractivity contribution in [1.82, 2.24) is 0 Å². The van der Waals surface area contributed by atoms with Crippen molar-refractivity contribution in [2.75, 3.05) is 6.61 Å². The smallest absolute Gasteiger partial charge is 0.348 e. The van der Waals surface area contributed by atoms with E-state index in [0.717, 1.165) is 28.5 Å². The summed E-state index contributed by atoms with van der Waals surface area (Å²) in [6.45, 7) is 4.01. The van der Waals surface area contributed by atoms with E-state index in [2.05, 4.69) is 0 Å². The minimum absolute atomic E-state index is 0.143. The molecule has 0 unspecified atom stereocenters. The number of fused-ring (bicyclic) bond motifs is 1. The third kappa shape index (κ3) is 7.26. The van der Waals surface area contributed by atoms with E-state index in [1.54, 1.807) is 6.92 Å². The van der Waals surface area contributed by atoms with Gasteiger partial charge in [-0.15, -0.1) is 0 Å². The van der Waals surface area contributed by atoms with Crippen molar-refractivity contribution in [3.63, 3.8) is 0 Å². The van der Waals surface area contributed by atoms with Crippen LogP contribution in [0.2, 0.25) is 0 Å². The summed E-state index contributed by atoms with van der Waals surface area (Å²) in [6.07, 6.45) is -3.55. The van der Waals surface area contributed by atoms with Gasteiger partial charge in [-0.1, -0.05) is 103 Å². The van der Waals surface area contributed by atoms with Gasteiger partial charge in [0.05, 0.1) is 26.4 Å². The largest absolute Gasteiger partial charge is 0.462 e. The Kier molecular flexibility index (Phi) is 9.87. The van der Waals surface area contributed by atoms with Gasteiger partial charge >= 0.3 is 11.9 Å². The van der Waals surface area contributed by atoms with Crippen LogP contribution >= 0.6 is 11.8 Å². The monoisotopic (exact) mass is 632 g/mol. The molecule has 0 saturated carbocycles. The summed E-state index contributed by atoms with van der Waals surface area (Å²) < 4.78 is 44.1. The number of hydrogen-bond acceptors (Lipinski definition) is 10. The Morgan fingerprint density at radius 3 is 2.02 bits per heavy atom. The standard InChI is InChI=1S/C35H36O9S/c1-23-18-28-31(33(37)41-23)45-35(44-24(2)36)32(40-21-27-16-10-5-11-17-27)30(39-20-26-14-8-4-9-15-26)29(43-34(35)42-28)22-38-19-25-12-6-3-7-13-25/h3-17,23,29-30,32,34H,18-22H2,1-2H3/t23-,29+,30+,32-,34-,35+/m0/s1. The summed E-state index contributed by atoms with van der Waals surface area (Å²) in [4.78, 5) is 24.5. The van der Waals surface area contributed by atoms with Crippen LogP contribution in [0.4, 0.5) is 0 Å². The van der Waals surface area contributed by atoms with E-state index in [1.807, 2.05) is 91.0 Å². The van der Waals surface area contributed by atoms with E-state index in [-0.39, 0.29) is 30.8 Å². The fourth-order valence-corrected chi connectivity index (χ4v) is 7.00. The van der Waals surface area contributed by atoms with Crippen molar-refractivity contribution in [3.8, 4) is 0 Å². The summed E-state index contributed by atoms with van der Waals surface area (Å²) in [7, 11) is 0. The van der Waals surface area contributed by atoms with Crippen LogP contribution in [-0.4, -0.2) is 54.2 Å². The first-order valence-corrected chi connectivity index (χ1v) is 15.8. The number of carbonyl (C=O) groups excluding carboxylic acids is 2. The first-order chi connectivity index (χ1) is 21.9. The van der Waals surface area contributed by atoms with Gasteiger partial charge in [0.1, 0.15) is 35.1 Å². The average Bonchev–Trinajstić information content (AvgIpc) is 3.04. The lowest BCUT2D eigenvalue weighted by molar-refractivity contribution is -0.326. The molecule has 0 bridgehead atoms. The van der Waals surface area contributed by atoms with Gasteiger partial charge in [0.2, 0.25) is 0 Å². The number of hydrogen-bond donors (Lipinski definition) is 0. The Labute approximate surface area is 266 Å². The summed E-state index contributed by atoms with van der Waals surface area (Å²) in [6, 6.07) is 29.2. The van der Waals surface area contributed by atoms with Crippen molar-refractivity contribution in [2.45, 2.75) is 75.7 Å². The molecule has 0 aromatic heterocycles. The Bertz CT molecular complexity index is 1480. The summed E-state index contributed by atoms with van der Waals surface area (Å²) in [5, 5.41) is 0. The van der Waals surface area contributed by atoms with E-state index >= 15 is 0 Å². The van der Waals surface area contributed by atoms with E-state index in [0.29, 0.717) is 18.8 Å². The number of benzene rings is 3. The number of thioether (sulfide) groups is 1. The maximum atomic E-state index is 13.1. The highest BCUT2D eigenvalue weighted by Crippen LogP contribution is 2.54. The molecule has 45 heavy (non-hydrogen) atoms. The van der Waals surface area contributed by atoms with Gasteiger partial charge in [0, 0.05) is 13.3 Å². The fourth-order valence-electron chi connectivity index (χ4n) is 5.63. The fraction of sp³-hybridized carbons (Fsp3) is 0.371. The zero-order chi connectivity index (χ0) is 31.2. The van der Waals surface area contributed by atoms with Crippen LogP contribution < -0.4 is 0 Å². The molecule has 1 saturated heterocycles. The van der Waals surface area contributed by atoms with E-state index in [9.17, 15) is 9.59 Å². The zero-order valence-electron chi connectivity index (χ0n) is 25.2. The normalized spacial score (nSPS) is 27.5. The second-order valence-electron chi connectivity index (χ2n) is 11.2. The maximum Gasteiger partial charge on any atom is 0.348 e. The molecule has 3 aliphatic rings. The molecule has 3 aliphatic heterocycles. The van der Waals surface area contributed by atoms with Crippen LogP contribution in [0.5, 0.6) is 0 Å². The number of ether oxygens (including phenoxy) is 7. The van der Waals surface area contributed by atoms with Crippen LogP contribution in [0.25, 0.3) is 0 Å².